The Labute approximate surface area is 127 Å². The molecule has 4 rings (SSSR count). The summed E-state index contributed by atoms with van der Waals surface area (Å²) in [6.45, 7) is 3.46. The van der Waals surface area contributed by atoms with Crippen LogP contribution in [0, 0.1) is 6.92 Å². The molecule has 1 aromatic carbocycles. The van der Waals surface area contributed by atoms with Crippen LogP contribution in [0.5, 0.6) is 0 Å². The molecule has 0 bridgehead atoms. The van der Waals surface area contributed by atoms with Crippen molar-refractivity contribution in [2.45, 2.75) is 13.3 Å². The zero-order valence-corrected chi connectivity index (χ0v) is 12.2. The summed E-state index contributed by atoms with van der Waals surface area (Å²) in [6.07, 6.45) is 1.06. The van der Waals surface area contributed by atoms with E-state index in [-0.39, 0.29) is 5.91 Å². The number of hydrogen-bond donors (Lipinski definition) is 0. The molecule has 3 heterocycles. The van der Waals surface area contributed by atoms with E-state index in [1.165, 1.54) is 0 Å². The Bertz CT molecular complexity index is 851. The van der Waals surface area contributed by atoms with Gasteiger partial charge in [-0.25, -0.2) is 4.98 Å². The molecule has 3 aromatic rings. The Morgan fingerprint density at radius 2 is 2.00 bits per heavy atom. The summed E-state index contributed by atoms with van der Waals surface area (Å²) < 4.78 is 5.30. The smallest absolute Gasteiger partial charge is 0.259 e. The van der Waals surface area contributed by atoms with Gasteiger partial charge in [0.25, 0.3) is 11.6 Å². The van der Waals surface area contributed by atoms with E-state index < -0.39 is 0 Å². The molecule has 1 fully saturated rings. The van der Waals surface area contributed by atoms with E-state index in [4.69, 9.17) is 4.52 Å². The third-order valence-corrected chi connectivity index (χ3v) is 4.06. The largest absolute Gasteiger partial charge is 0.338 e. The predicted molar refractivity (Wildman–Crippen MR) is 82.5 cm³/mol. The van der Waals surface area contributed by atoms with Crippen molar-refractivity contribution in [3.8, 4) is 11.3 Å². The standard InChI is InChI=1S/C17H15N3O2/c1-11-15-13(17(21)20-8-5-9-20)10-14(18-16(15)22-19-11)12-6-3-2-4-7-12/h2-4,6-7,10H,5,8-9H2,1H3. The third kappa shape index (κ3) is 1.97. The highest BCUT2D eigenvalue weighted by Crippen LogP contribution is 2.28. The van der Waals surface area contributed by atoms with E-state index >= 15 is 0 Å². The number of amides is 1. The summed E-state index contributed by atoms with van der Waals surface area (Å²) in [7, 11) is 0. The maximum absolute atomic E-state index is 12.7. The quantitative estimate of drug-likeness (QED) is 0.728. The average molecular weight is 293 g/mol. The summed E-state index contributed by atoms with van der Waals surface area (Å²) in [5.41, 5.74) is 3.43. The van der Waals surface area contributed by atoms with Gasteiger partial charge in [0.05, 0.1) is 22.3 Å². The minimum atomic E-state index is 0.0298. The van der Waals surface area contributed by atoms with Crippen LogP contribution in [0.4, 0.5) is 0 Å². The molecular formula is C17H15N3O2. The van der Waals surface area contributed by atoms with Crippen LogP contribution in [0.3, 0.4) is 0 Å². The number of likely N-dealkylation sites (tertiary alicyclic amines) is 1. The predicted octanol–water partition coefficient (Wildman–Crippen LogP) is 3.04. The number of fused-ring (bicyclic) bond motifs is 1. The molecule has 0 saturated carbocycles. The molecule has 2 aromatic heterocycles. The third-order valence-electron chi connectivity index (χ3n) is 4.06. The minimum absolute atomic E-state index is 0.0298. The van der Waals surface area contributed by atoms with Crippen LogP contribution >= 0.6 is 0 Å². The van der Waals surface area contributed by atoms with Crippen molar-refractivity contribution in [3.63, 3.8) is 0 Å². The molecule has 0 radical (unpaired) electrons. The van der Waals surface area contributed by atoms with Crippen LogP contribution < -0.4 is 0 Å². The second-order valence-corrected chi connectivity index (χ2v) is 5.51. The van der Waals surface area contributed by atoms with E-state index in [1.807, 2.05) is 48.2 Å². The molecule has 0 spiro atoms. The van der Waals surface area contributed by atoms with Gasteiger partial charge < -0.3 is 9.42 Å². The van der Waals surface area contributed by atoms with Crippen molar-refractivity contribution in [2.75, 3.05) is 13.1 Å². The lowest BCUT2D eigenvalue weighted by atomic mass is 10.0. The fraction of sp³-hybridized carbons (Fsp3) is 0.235. The topological polar surface area (TPSA) is 59.2 Å². The summed E-state index contributed by atoms with van der Waals surface area (Å²) in [4.78, 5) is 19.1. The SMILES string of the molecule is Cc1noc2nc(-c3ccccc3)cc(C(=O)N3CCC3)c12. The molecule has 22 heavy (non-hydrogen) atoms. The van der Waals surface area contributed by atoms with Crippen LogP contribution in [0.1, 0.15) is 22.5 Å². The summed E-state index contributed by atoms with van der Waals surface area (Å²) in [6, 6.07) is 11.6. The number of aryl methyl sites for hydroxylation is 1. The Morgan fingerprint density at radius 3 is 2.68 bits per heavy atom. The van der Waals surface area contributed by atoms with Crippen molar-refractivity contribution >= 4 is 17.0 Å². The van der Waals surface area contributed by atoms with Gasteiger partial charge in [0.15, 0.2) is 0 Å². The van der Waals surface area contributed by atoms with Gasteiger partial charge >= 0.3 is 0 Å². The first-order valence-corrected chi connectivity index (χ1v) is 7.36. The van der Waals surface area contributed by atoms with Gasteiger partial charge in [-0.3, -0.25) is 4.79 Å². The number of aromatic nitrogens is 2. The zero-order chi connectivity index (χ0) is 15.1. The van der Waals surface area contributed by atoms with Gasteiger partial charge in [0, 0.05) is 18.7 Å². The number of carbonyl (C=O) groups is 1. The van der Waals surface area contributed by atoms with Crippen molar-refractivity contribution in [1.82, 2.24) is 15.0 Å². The fourth-order valence-corrected chi connectivity index (χ4v) is 2.71. The molecule has 5 heteroatoms. The van der Waals surface area contributed by atoms with Crippen molar-refractivity contribution in [2.24, 2.45) is 0 Å². The van der Waals surface area contributed by atoms with Crippen LogP contribution in [-0.4, -0.2) is 34.0 Å². The average Bonchev–Trinajstić information content (AvgIpc) is 2.87. The first-order valence-electron chi connectivity index (χ1n) is 7.36. The van der Waals surface area contributed by atoms with Gasteiger partial charge in [-0.1, -0.05) is 35.5 Å². The number of benzene rings is 1. The van der Waals surface area contributed by atoms with E-state index in [9.17, 15) is 4.79 Å². The van der Waals surface area contributed by atoms with Gasteiger partial charge in [0.2, 0.25) is 0 Å². The Kier molecular flexibility index (Phi) is 2.92. The monoisotopic (exact) mass is 293 g/mol. The normalized spacial score (nSPS) is 14.1. The Hall–Kier alpha value is -2.69. The maximum atomic E-state index is 12.7. The number of nitrogens with zero attached hydrogens (tertiary/aromatic N) is 3. The lowest BCUT2D eigenvalue weighted by Crippen LogP contribution is -2.42. The Morgan fingerprint density at radius 1 is 1.23 bits per heavy atom. The number of carbonyl (C=O) groups excluding carboxylic acids is 1. The van der Waals surface area contributed by atoms with Gasteiger partial charge in [-0.2, -0.15) is 0 Å². The van der Waals surface area contributed by atoms with Gasteiger partial charge in [0.1, 0.15) is 0 Å². The maximum Gasteiger partial charge on any atom is 0.259 e. The molecular weight excluding hydrogens is 278 g/mol. The molecule has 0 atom stereocenters. The van der Waals surface area contributed by atoms with Crippen LogP contribution in [0.15, 0.2) is 40.9 Å². The Balaban J connectivity index is 1.92. The fourth-order valence-electron chi connectivity index (χ4n) is 2.71. The lowest BCUT2D eigenvalue weighted by Gasteiger charge is -2.31. The van der Waals surface area contributed by atoms with E-state index in [0.29, 0.717) is 17.0 Å². The van der Waals surface area contributed by atoms with Crippen molar-refractivity contribution < 1.29 is 9.32 Å². The molecule has 1 aliphatic heterocycles. The summed E-state index contributed by atoms with van der Waals surface area (Å²) >= 11 is 0. The molecule has 1 saturated heterocycles. The second-order valence-electron chi connectivity index (χ2n) is 5.51. The molecule has 1 amide bonds. The van der Waals surface area contributed by atoms with E-state index in [0.717, 1.165) is 36.2 Å². The molecule has 5 nitrogen and oxygen atoms in total. The van der Waals surface area contributed by atoms with Gasteiger partial charge in [-0.15, -0.1) is 0 Å². The van der Waals surface area contributed by atoms with Crippen LogP contribution in [0.2, 0.25) is 0 Å². The minimum Gasteiger partial charge on any atom is -0.338 e. The van der Waals surface area contributed by atoms with E-state index in [1.54, 1.807) is 0 Å². The van der Waals surface area contributed by atoms with Crippen LogP contribution in [-0.2, 0) is 0 Å². The number of pyridine rings is 1. The van der Waals surface area contributed by atoms with Crippen LogP contribution in [0.25, 0.3) is 22.4 Å². The second kappa shape index (κ2) is 4.94. The van der Waals surface area contributed by atoms with Gasteiger partial charge in [-0.05, 0) is 19.4 Å². The molecule has 0 aliphatic carbocycles. The molecule has 0 N–H and O–H groups in total. The molecule has 0 unspecified atom stereocenters. The first kappa shape index (κ1) is 13.0. The highest BCUT2D eigenvalue weighted by molar-refractivity contribution is 6.07. The number of rotatable bonds is 2. The van der Waals surface area contributed by atoms with Crippen molar-refractivity contribution in [1.29, 1.82) is 0 Å². The summed E-state index contributed by atoms with van der Waals surface area (Å²) in [5.74, 6) is 0.0298. The zero-order valence-electron chi connectivity index (χ0n) is 12.2. The lowest BCUT2D eigenvalue weighted by molar-refractivity contribution is 0.0654. The number of hydrogen-bond acceptors (Lipinski definition) is 4. The van der Waals surface area contributed by atoms with Crippen molar-refractivity contribution in [3.05, 3.63) is 47.7 Å². The van der Waals surface area contributed by atoms with E-state index in [2.05, 4.69) is 10.1 Å². The summed E-state index contributed by atoms with van der Waals surface area (Å²) in [5, 5.41) is 4.69. The molecule has 1 aliphatic rings. The first-order chi connectivity index (χ1) is 10.7. The molecule has 110 valence electrons. The highest BCUT2D eigenvalue weighted by Gasteiger charge is 2.26. The highest BCUT2D eigenvalue weighted by atomic mass is 16.5.